The molecular weight excluding hydrogens is 324 g/mol. The molecule has 0 aliphatic heterocycles. The zero-order valence-corrected chi connectivity index (χ0v) is 15.2. The molecule has 26 heavy (non-hydrogen) atoms. The van der Waals surface area contributed by atoms with Crippen LogP contribution in [0.1, 0.15) is 30.9 Å². The van der Waals surface area contributed by atoms with E-state index in [4.69, 9.17) is 0 Å². The van der Waals surface area contributed by atoms with Gasteiger partial charge in [0.15, 0.2) is 0 Å². The van der Waals surface area contributed by atoms with Crippen molar-refractivity contribution in [2.45, 2.75) is 32.6 Å². The molecule has 2 aromatic rings. The van der Waals surface area contributed by atoms with E-state index in [9.17, 15) is 9.59 Å². The molecule has 4 nitrogen and oxygen atoms in total. The third-order valence-electron chi connectivity index (χ3n) is 4.90. The molecule has 0 radical (unpaired) electrons. The van der Waals surface area contributed by atoms with Gasteiger partial charge in [-0.05, 0) is 42.9 Å². The van der Waals surface area contributed by atoms with E-state index >= 15 is 0 Å². The van der Waals surface area contributed by atoms with Crippen molar-refractivity contribution in [2.24, 2.45) is 11.8 Å². The summed E-state index contributed by atoms with van der Waals surface area (Å²) in [6.07, 6.45) is 3.36. The molecule has 2 amide bonds. The lowest BCUT2D eigenvalue weighted by Crippen LogP contribution is -2.28. The van der Waals surface area contributed by atoms with Gasteiger partial charge < -0.3 is 10.6 Å². The van der Waals surface area contributed by atoms with Crippen LogP contribution in [-0.4, -0.2) is 18.4 Å². The Balaban J connectivity index is 1.40. The number of amides is 2. The average Bonchev–Trinajstić information content (AvgIpc) is 3.47. The smallest absolute Gasteiger partial charge is 0.228 e. The van der Waals surface area contributed by atoms with E-state index in [1.807, 2.05) is 42.5 Å². The highest BCUT2D eigenvalue weighted by molar-refractivity contribution is 5.99. The fourth-order valence-corrected chi connectivity index (χ4v) is 3.23. The number of anilines is 1. The Morgan fingerprint density at radius 1 is 0.962 bits per heavy atom. The van der Waals surface area contributed by atoms with Crippen molar-refractivity contribution in [2.75, 3.05) is 11.9 Å². The zero-order valence-electron chi connectivity index (χ0n) is 15.2. The van der Waals surface area contributed by atoms with Crippen molar-refractivity contribution in [3.63, 3.8) is 0 Å². The summed E-state index contributed by atoms with van der Waals surface area (Å²) < 4.78 is 0. The lowest BCUT2D eigenvalue weighted by molar-refractivity contribution is -0.125. The van der Waals surface area contributed by atoms with Crippen molar-refractivity contribution >= 4 is 17.5 Å². The second-order valence-corrected chi connectivity index (χ2v) is 6.83. The summed E-state index contributed by atoms with van der Waals surface area (Å²) in [5.74, 6) is -0.424. The predicted molar refractivity (Wildman–Crippen MR) is 104 cm³/mol. The highest BCUT2D eigenvalue weighted by Gasteiger charge is 2.47. The molecule has 1 aliphatic carbocycles. The van der Waals surface area contributed by atoms with Crippen molar-refractivity contribution in [3.8, 4) is 0 Å². The highest BCUT2D eigenvalue weighted by Crippen LogP contribution is 2.39. The minimum atomic E-state index is -0.200. The Bertz CT molecular complexity index is 758. The first-order valence-electron chi connectivity index (χ1n) is 9.39. The van der Waals surface area contributed by atoms with Gasteiger partial charge in [-0.1, -0.05) is 55.5 Å². The van der Waals surface area contributed by atoms with E-state index in [1.165, 1.54) is 5.56 Å². The quantitative estimate of drug-likeness (QED) is 0.715. The summed E-state index contributed by atoms with van der Waals surface area (Å²) in [7, 11) is 0. The van der Waals surface area contributed by atoms with Crippen molar-refractivity contribution in [1.29, 1.82) is 0 Å². The van der Waals surface area contributed by atoms with Crippen LogP contribution in [0.25, 0.3) is 0 Å². The standard InChI is InChI=1S/C22H26N2O2/c1-2-17-12-6-7-13-20(17)24-22(26)19-15-18(19)21(25)23-14-8-11-16-9-4-3-5-10-16/h3-7,9-10,12-13,18-19H,2,8,11,14-15H2,1H3,(H,23,25)(H,24,26). The minimum Gasteiger partial charge on any atom is -0.356 e. The number of aryl methyl sites for hydroxylation is 2. The average molecular weight is 350 g/mol. The summed E-state index contributed by atoms with van der Waals surface area (Å²) in [5, 5.41) is 5.95. The van der Waals surface area contributed by atoms with Crippen molar-refractivity contribution in [3.05, 3.63) is 65.7 Å². The molecule has 4 heteroatoms. The van der Waals surface area contributed by atoms with Gasteiger partial charge in [0.2, 0.25) is 11.8 Å². The molecular formula is C22H26N2O2. The van der Waals surface area contributed by atoms with E-state index in [2.05, 4.69) is 29.7 Å². The van der Waals surface area contributed by atoms with Gasteiger partial charge in [-0.2, -0.15) is 0 Å². The summed E-state index contributed by atoms with van der Waals surface area (Å²) in [5.41, 5.74) is 3.25. The summed E-state index contributed by atoms with van der Waals surface area (Å²) in [6, 6.07) is 18.1. The number of hydrogen-bond acceptors (Lipinski definition) is 2. The van der Waals surface area contributed by atoms with Crippen molar-refractivity contribution in [1.82, 2.24) is 5.32 Å². The second kappa shape index (κ2) is 8.65. The van der Waals surface area contributed by atoms with E-state index in [-0.39, 0.29) is 23.7 Å². The topological polar surface area (TPSA) is 58.2 Å². The second-order valence-electron chi connectivity index (χ2n) is 6.83. The first kappa shape index (κ1) is 18.2. The van der Waals surface area contributed by atoms with Crippen LogP contribution in [0, 0.1) is 11.8 Å². The fraction of sp³-hybridized carbons (Fsp3) is 0.364. The number of benzene rings is 2. The molecule has 2 unspecified atom stereocenters. The van der Waals surface area contributed by atoms with Gasteiger partial charge >= 0.3 is 0 Å². The SMILES string of the molecule is CCc1ccccc1NC(=O)C1CC1C(=O)NCCCc1ccccc1. The first-order valence-corrected chi connectivity index (χ1v) is 9.39. The number of para-hydroxylation sites is 1. The van der Waals surface area contributed by atoms with E-state index in [0.29, 0.717) is 13.0 Å². The van der Waals surface area contributed by atoms with Gasteiger partial charge in [0, 0.05) is 12.2 Å². The molecule has 2 aromatic carbocycles. The molecule has 0 bridgehead atoms. The molecule has 3 rings (SSSR count). The Morgan fingerprint density at radius 2 is 1.65 bits per heavy atom. The highest BCUT2D eigenvalue weighted by atomic mass is 16.2. The maximum atomic E-state index is 12.4. The number of nitrogens with one attached hydrogen (secondary N) is 2. The monoisotopic (exact) mass is 350 g/mol. The van der Waals surface area contributed by atoms with Crippen LogP contribution in [-0.2, 0) is 22.4 Å². The van der Waals surface area contributed by atoms with E-state index < -0.39 is 0 Å². The van der Waals surface area contributed by atoms with E-state index in [0.717, 1.165) is 30.5 Å². The number of hydrogen-bond donors (Lipinski definition) is 2. The number of carbonyl (C=O) groups excluding carboxylic acids is 2. The molecule has 0 spiro atoms. The van der Waals surface area contributed by atoms with Gasteiger partial charge in [-0.3, -0.25) is 9.59 Å². The van der Waals surface area contributed by atoms with Crippen LogP contribution in [0.3, 0.4) is 0 Å². The largest absolute Gasteiger partial charge is 0.356 e. The molecule has 0 aromatic heterocycles. The molecule has 0 heterocycles. The van der Waals surface area contributed by atoms with Gasteiger partial charge in [0.05, 0.1) is 11.8 Å². The maximum Gasteiger partial charge on any atom is 0.228 e. The van der Waals surface area contributed by atoms with Gasteiger partial charge in [-0.15, -0.1) is 0 Å². The minimum absolute atomic E-state index is 0.00184. The van der Waals surface area contributed by atoms with Crippen LogP contribution in [0.2, 0.25) is 0 Å². The predicted octanol–water partition coefficient (Wildman–Crippen LogP) is 3.57. The molecule has 1 aliphatic rings. The molecule has 1 saturated carbocycles. The Hall–Kier alpha value is -2.62. The molecule has 1 fully saturated rings. The van der Waals surface area contributed by atoms with Crippen LogP contribution in [0.15, 0.2) is 54.6 Å². The number of rotatable bonds is 8. The molecule has 2 N–H and O–H groups in total. The number of carbonyl (C=O) groups is 2. The van der Waals surface area contributed by atoms with Gasteiger partial charge in [0.1, 0.15) is 0 Å². The lowest BCUT2D eigenvalue weighted by Gasteiger charge is -2.09. The third-order valence-corrected chi connectivity index (χ3v) is 4.90. The Labute approximate surface area is 155 Å². The maximum absolute atomic E-state index is 12.4. The lowest BCUT2D eigenvalue weighted by atomic mass is 10.1. The van der Waals surface area contributed by atoms with Crippen LogP contribution < -0.4 is 10.6 Å². The van der Waals surface area contributed by atoms with Crippen LogP contribution in [0.4, 0.5) is 5.69 Å². The third kappa shape index (κ3) is 4.72. The fourth-order valence-electron chi connectivity index (χ4n) is 3.23. The zero-order chi connectivity index (χ0) is 18.4. The summed E-state index contributed by atoms with van der Waals surface area (Å²) >= 11 is 0. The first-order chi connectivity index (χ1) is 12.7. The Morgan fingerprint density at radius 3 is 2.42 bits per heavy atom. The van der Waals surface area contributed by atoms with Crippen LogP contribution >= 0.6 is 0 Å². The summed E-state index contributed by atoms with van der Waals surface area (Å²) in [4.78, 5) is 24.6. The van der Waals surface area contributed by atoms with E-state index in [1.54, 1.807) is 0 Å². The molecule has 0 saturated heterocycles. The normalized spacial score (nSPS) is 18.2. The van der Waals surface area contributed by atoms with Crippen LogP contribution in [0.5, 0.6) is 0 Å². The van der Waals surface area contributed by atoms with Gasteiger partial charge in [-0.25, -0.2) is 0 Å². The van der Waals surface area contributed by atoms with Crippen molar-refractivity contribution < 1.29 is 9.59 Å². The van der Waals surface area contributed by atoms with Gasteiger partial charge in [0.25, 0.3) is 0 Å². The molecule has 2 atom stereocenters. The summed E-state index contributed by atoms with van der Waals surface area (Å²) in [6.45, 7) is 2.71. The molecule has 136 valence electrons. The Kier molecular flexibility index (Phi) is 6.05.